The number of furan rings is 1. The molecule has 0 aromatic carbocycles. The van der Waals surface area contributed by atoms with Crippen molar-refractivity contribution in [2.45, 2.75) is 20.4 Å². The fourth-order valence-corrected chi connectivity index (χ4v) is 2.06. The zero-order valence-corrected chi connectivity index (χ0v) is 11.9. The Labute approximate surface area is 118 Å². The zero-order valence-electron chi connectivity index (χ0n) is 11.1. The van der Waals surface area contributed by atoms with Crippen molar-refractivity contribution in [3.8, 4) is 0 Å². The second-order valence-corrected chi connectivity index (χ2v) is 4.72. The Balaban J connectivity index is 2.36. The Kier molecular flexibility index (Phi) is 4.16. The summed E-state index contributed by atoms with van der Waals surface area (Å²) in [6.45, 7) is 5.46. The topological polar surface area (TPSA) is 55.3 Å². The van der Waals surface area contributed by atoms with Crippen molar-refractivity contribution in [3.05, 3.63) is 47.5 Å². The van der Waals surface area contributed by atoms with E-state index in [1.54, 1.807) is 6.26 Å². The number of hydrogen-bond donors (Lipinski definition) is 1. The average molecular weight is 275 g/mol. The standard InChI is InChI=1S/C14H17N3OS/c1-3-17(9-11-5-4-8-18-11)14-12(13(15)19)7-6-10(2)16-14/h4-8H,3,9H2,1-2H3,(H2,15,19). The molecule has 0 saturated carbocycles. The first-order valence-corrected chi connectivity index (χ1v) is 6.57. The number of thiocarbonyl (C=S) groups is 1. The van der Waals surface area contributed by atoms with Gasteiger partial charge < -0.3 is 15.1 Å². The molecule has 2 aromatic rings. The van der Waals surface area contributed by atoms with Gasteiger partial charge in [0.15, 0.2) is 0 Å². The Hall–Kier alpha value is -1.88. The van der Waals surface area contributed by atoms with Crippen LogP contribution in [0.4, 0.5) is 5.82 Å². The molecule has 0 unspecified atom stereocenters. The van der Waals surface area contributed by atoms with Crippen LogP contribution in [0.3, 0.4) is 0 Å². The molecule has 0 amide bonds. The van der Waals surface area contributed by atoms with E-state index in [9.17, 15) is 0 Å². The van der Waals surface area contributed by atoms with Crippen molar-refractivity contribution >= 4 is 23.0 Å². The van der Waals surface area contributed by atoms with Gasteiger partial charge in [0, 0.05) is 12.2 Å². The van der Waals surface area contributed by atoms with Crippen LogP contribution in [-0.2, 0) is 6.54 Å². The summed E-state index contributed by atoms with van der Waals surface area (Å²) in [5.41, 5.74) is 7.51. The van der Waals surface area contributed by atoms with Gasteiger partial charge in [-0.25, -0.2) is 4.98 Å². The van der Waals surface area contributed by atoms with Crippen LogP contribution in [0.15, 0.2) is 34.9 Å². The second kappa shape index (κ2) is 5.84. The van der Waals surface area contributed by atoms with Crippen LogP contribution in [0.1, 0.15) is 23.9 Å². The third kappa shape index (κ3) is 3.12. The van der Waals surface area contributed by atoms with E-state index in [-0.39, 0.29) is 0 Å². The SMILES string of the molecule is CCN(Cc1ccco1)c1nc(C)ccc1C(N)=S. The summed E-state index contributed by atoms with van der Waals surface area (Å²) < 4.78 is 5.38. The molecule has 2 aromatic heterocycles. The van der Waals surface area contributed by atoms with E-state index in [4.69, 9.17) is 22.4 Å². The smallest absolute Gasteiger partial charge is 0.139 e. The molecule has 5 heteroatoms. The van der Waals surface area contributed by atoms with Gasteiger partial charge in [0.1, 0.15) is 16.6 Å². The number of pyridine rings is 1. The summed E-state index contributed by atoms with van der Waals surface area (Å²) in [7, 11) is 0. The molecule has 0 spiro atoms. The quantitative estimate of drug-likeness (QED) is 0.850. The Morgan fingerprint density at radius 3 is 2.79 bits per heavy atom. The maximum atomic E-state index is 5.77. The molecule has 100 valence electrons. The van der Waals surface area contributed by atoms with E-state index >= 15 is 0 Å². The van der Waals surface area contributed by atoms with E-state index in [0.29, 0.717) is 11.5 Å². The predicted molar refractivity (Wildman–Crippen MR) is 80.3 cm³/mol. The van der Waals surface area contributed by atoms with Crippen molar-refractivity contribution in [2.75, 3.05) is 11.4 Å². The molecular weight excluding hydrogens is 258 g/mol. The van der Waals surface area contributed by atoms with E-state index < -0.39 is 0 Å². The van der Waals surface area contributed by atoms with Crippen LogP contribution in [0.5, 0.6) is 0 Å². The van der Waals surface area contributed by atoms with Crippen molar-refractivity contribution in [2.24, 2.45) is 5.73 Å². The van der Waals surface area contributed by atoms with Crippen LogP contribution >= 0.6 is 12.2 Å². The van der Waals surface area contributed by atoms with E-state index in [2.05, 4.69) is 16.8 Å². The highest BCUT2D eigenvalue weighted by Crippen LogP contribution is 2.21. The maximum absolute atomic E-state index is 5.77. The van der Waals surface area contributed by atoms with Crippen LogP contribution < -0.4 is 10.6 Å². The molecule has 0 bridgehead atoms. The number of nitrogens with zero attached hydrogens (tertiary/aromatic N) is 2. The summed E-state index contributed by atoms with van der Waals surface area (Å²) in [6.07, 6.45) is 1.67. The van der Waals surface area contributed by atoms with Gasteiger partial charge >= 0.3 is 0 Å². The normalized spacial score (nSPS) is 10.4. The molecule has 0 aliphatic carbocycles. The molecule has 4 nitrogen and oxygen atoms in total. The molecule has 19 heavy (non-hydrogen) atoms. The first-order chi connectivity index (χ1) is 9.11. The average Bonchev–Trinajstić information content (AvgIpc) is 2.88. The first kappa shape index (κ1) is 13.5. The molecule has 0 aliphatic heterocycles. The lowest BCUT2D eigenvalue weighted by molar-refractivity contribution is 0.503. The maximum Gasteiger partial charge on any atom is 0.139 e. The lowest BCUT2D eigenvalue weighted by Crippen LogP contribution is -2.26. The molecule has 0 radical (unpaired) electrons. The van der Waals surface area contributed by atoms with E-state index in [0.717, 1.165) is 29.4 Å². The number of hydrogen-bond acceptors (Lipinski definition) is 4. The summed E-state index contributed by atoms with van der Waals surface area (Å²) in [5, 5.41) is 0. The second-order valence-electron chi connectivity index (χ2n) is 4.28. The molecule has 0 fully saturated rings. The van der Waals surface area contributed by atoms with Gasteiger partial charge in [0.25, 0.3) is 0 Å². The molecule has 0 atom stereocenters. The molecular formula is C14H17N3OS. The minimum absolute atomic E-state index is 0.361. The van der Waals surface area contributed by atoms with Crippen molar-refractivity contribution in [1.29, 1.82) is 0 Å². The van der Waals surface area contributed by atoms with Crippen molar-refractivity contribution in [1.82, 2.24) is 4.98 Å². The number of anilines is 1. The lowest BCUT2D eigenvalue weighted by Gasteiger charge is -2.23. The van der Waals surface area contributed by atoms with Crippen molar-refractivity contribution < 1.29 is 4.42 Å². The fourth-order valence-electron chi connectivity index (χ4n) is 1.90. The van der Waals surface area contributed by atoms with Crippen LogP contribution in [-0.4, -0.2) is 16.5 Å². The van der Waals surface area contributed by atoms with Crippen LogP contribution in [0.25, 0.3) is 0 Å². The van der Waals surface area contributed by atoms with Gasteiger partial charge in [-0.2, -0.15) is 0 Å². The highest BCUT2D eigenvalue weighted by Gasteiger charge is 2.15. The van der Waals surface area contributed by atoms with E-state index in [1.165, 1.54) is 0 Å². The predicted octanol–water partition coefficient (Wildman–Crippen LogP) is 2.64. The lowest BCUT2D eigenvalue weighted by atomic mass is 10.2. The largest absolute Gasteiger partial charge is 0.467 e. The third-order valence-electron chi connectivity index (χ3n) is 2.89. The minimum atomic E-state index is 0.361. The van der Waals surface area contributed by atoms with Crippen molar-refractivity contribution in [3.63, 3.8) is 0 Å². The number of aryl methyl sites for hydroxylation is 1. The van der Waals surface area contributed by atoms with Gasteiger partial charge in [0.05, 0.1) is 18.4 Å². The first-order valence-electron chi connectivity index (χ1n) is 6.16. The highest BCUT2D eigenvalue weighted by atomic mass is 32.1. The number of aromatic nitrogens is 1. The molecule has 0 aliphatic rings. The monoisotopic (exact) mass is 275 g/mol. The molecule has 2 rings (SSSR count). The summed E-state index contributed by atoms with van der Waals surface area (Å²) >= 11 is 5.10. The number of rotatable bonds is 5. The molecule has 2 N–H and O–H groups in total. The molecule has 0 saturated heterocycles. The van der Waals surface area contributed by atoms with E-state index in [1.807, 2.05) is 31.2 Å². The number of nitrogens with two attached hydrogens (primary N) is 1. The van der Waals surface area contributed by atoms with Gasteiger partial charge in [0.2, 0.25) is 0 Å². The van der Waals surface area contributed by atoms with Gasteiger partial charge in [-0.05, 0) is 38.1 Å². The summed E-state index contributed by atoms with van der Waals surface area (Å²) in [4.78, 5) is 7.02. The molecule has 2 heterocycles. The zero-order chi connectivity index (χ0) is 13.8. The summed E-state index contributed by atoms with van der Waals surface area (Å²) in [6, 6.07) is 7.66. The summed E-state index contributed by atoms with van der Waals surface area (Å²) in [5.74, 6) is 1.70. The van der Waals surface area contributed by atoms with Crippen LogP contribution in [0, 0.1) is 6.92 Å². The fraction of sp³-hybridized carbons (Fsp3) is 0.286. The third-order valence-corrected chi connectivity index (χ3v) is 3.11. The van der Waals surface area contributed by atoms with Gasteiger partial charge in [-0.3, -0.25) is 0 Å². The highest BCUT2D eigenvalue weighted by molar-refractivity contribution is 7.80. The minimum Gasteiger partial charge on any atom is -0.467 e. The van der Waals surface area contributed by atoms with Gasteiger partial charge in [-0.15, -0.1) is 0 Å². The Bertz CT molecular complexity index is 566. The van der Waals surface area contributed by atoms with Gasteiger partial charge in [-0.1, -0.05) is 12.2 Å². The Morgan fingerprint density at radius 1 is 1.42 bits per heavy atom. The Morgan fingerprint density at radius 2 is 2.21 bits per heavy atom. The van der Waals surface area contributed by atoms with Crippen LogP contribution in [0.2, 0.25) is 0 Å².